The Morgan fingerprint density at radius 2 is 1.88 bits per heavy atom. The lowest BCUT2D eigenvalue weighted by molar-refractivity contribution is 0.404. The molecule has 2 rings (SSSR count). The number of aromatic nitrogens is 2. The van der Waals surface area contributed by atoms with Gasteiger partial charge in [-0.3, -0.25) is 4.79 Å². The zero-order valence-corrected chi connectivity index (χ0v) is 9.48. The maximum Gasteiger partial charge on any atom is 0.254 e. The zero-order chi connectivity index (χ0) is 12.6. The second-order valence-corrected chi connectivity index (χ2v) is 3.83. The van der Waals surface area contributed by atoms with Gasteiger partial charge >= 0.3 is 0 Å². The van der Waals surface area contributed by atoms with Gasteiger partial charge < -0.3 is 15.2 Å². The molecule has 5 nitrogen and oxygen atoms in total. The molecule has 2 aromatic rings. The normalized spacial score (nSPS) is 10.5. The summed E-state index contributed by atoms with van der Waals surface area (Å²) in [7, 11) is 0. The summed E-state index contributed by atoms with van der Waals surface area (Å²) in [5.41, 5.74) is 1.54. The number of phenolic OH excluding ortho intramolecular Hbond substituents is 2. The smallest absolute Gasteiger partial charge is 0.254 e. The van der Waals surface area contributed by atoms with Crippen molar-refractivity contribution in [2.24, 2.45) is 0 Å². The third kappa shape index (κ3) is 1.99. The molecule has 5 heteroatoms. The predicted molar refractivity (Wildman–Crippen MR) is 63.1 cm³/mol. The van der Waals surface area contributed by atoms with Crippen molar-refractivity contribution in [2.75, 3.05) is 0 Å². The summed E-state index contributed by atoms with van der Waals surface area (Å²) in [6.45, 7) is 3.44. The summed E-state index contributed by atoms with van der Waals surface area (Å²) < 4.78 is 0. The van der Waals surface area contributed by atoms with Crippen molar-refractivity contribution in [3.63, 3.8) is 0 Å². The maximum atomic E-state index is 11.6. The van der Waals surface area contributed by atoms with Crippen LogP contribution in [0.2, 0.25) is 0 Å². The highest BCUT2D eigenvalue weighted by Gasteiger charge is 2.08. The summed E-state index contributed by atoms with van der Waals surface area (Å²) in [6.07, 6.45) is 0. The molecule has 0 aliphatic rings. The van der Waals surface area contributed by atoms with Crippen molar-refractivity contribution in [3.8, 4) is 22.9 Å². The minimum Gasteiger partial charge on any atom is -0.504 e. The Kier molecular flexibility index (Phi) is 2.59. The van der Waals surface area contributed by atoms with Gasteiger partial charge in [0.15, 0.2) is 11.5 Å². The number of aromatic amines is 1. The largest absolute Gasteiger partial charge is 0.504 e. The molecule has 0 aliphatic carbocycles. The molecule has 3 N–H and O–H groups in total. The lowest BCUT2D eigenvalue weighted by atomic mass is 10.1. The summed E-state index contributed by atoms with van der Waals surface area (Å²) in [6, 6.07) is 4.27. The number of aryl methyl sites for hydroxylation is 1. The van der Waals surface area contributed by atoms with Gasteiger partial charge in [0.2, 0.25) is 0 Å². The van der Waals surface area contributed by atoms with E-state index in [-0.39, 0.29) is 17.1 Å². The van der Waals surface area contributed by atoms with Gasteiger partial charge in [-0.15, -0.1) is 0 Å². The van der Waals surface area contributed by atoms with E-state index >= 15 is 0 Å². The third-order valence-electron chi connectivity index (χ3n) is 2.64. The van der Waals surface area contributed by atoms with E-state index < -0.39 is 0 Å². The topological polar surface area (TPSA) is 86.2 Å². The van der Waals surface area contributed by atoms with Crippen LogP contribution in [0, 0.1) is 13.8 Å². The Balaban J connectivity index is 2.61. The first-order valence-electron chi connectivity index (χ1n) is 5.09. The van der Waals surface area contributed by atoms with Gasteiger partial charge in [0.1, 0.15) is 5.82 Å². The summed E-state index contributed by atoms with van der Waals surface area (Å²) >= 11 is 0. The number of phenols is 2. The van der Waals surface area contributed by atoms with Crippen LogP contribution in [0.25, 0.3) is 11.4 Å². The van der Waals surface area contributed by atoms with Crippen LogP contribution in [0.1, 0.15) is 11.3 Å². The Morgan fingerprint density at radius 1 is 1.18 bits per heavy atom. The van der Waals surface area contributed by atoms with Crippen LogP contribution < -0.4 is 5.56 Å². The van der Waals surface area contributed by atoms with E-state index in [0.717, 1.165) is 0 Å². The number of rotatable bonds is 1. The standard InChI is InChI=1S/C12H12N2O3/c1-6-7(2)13-11(14-12(6)17)8-3-4-9(15)10(16)5-8/h3-5,15-16H,1-2H3,(H,13,14,17). The van der Waals surface area contributed by atoms with E-state index in [2.05, 4.69) is 9.97 Å². The molecule has 0 radical (unpaired) electrons. The van der Waals surface area contributed by atoms with Gasteiger partial charge in [0.05, 0.1) is 0 Å². The molecule has 17 heavy (non-hydrogen) atoms. The van der Waals surface area contributed by atoms with E-state index in [1.807, 2.05) is 0 Å². The number of aromatic hydroxyl groups is 2. The summed E-state index contributed by atoms with van der Waals surface area (Å²) in [5, 5.41) is 18.6. The van der Waals surface area contributed by atoms with Crippen LogP contribution in [0.5, 0.6) is 11.5 Å². The Bertz CT molecular complexity index is 632. The van der Waals surface area contributed by atoms with Crippen molar-refractivity contribution in [1.29, 1.82) is 0 Å². The fourth-order valence-electron chi connectivity index (χ4n) is 1.45. The van der Waals surface area contributed by atoms with Crippen molar-refractivity contribution in [1.82, 2.24) is 9.97 Å². The fraction of sp³-hybridized carbons (Fsp3) is 0.167. The molecule has 0 saturated carbocycles. The highest BCUT2D eigenvalue weighted by molar-refractivity contribution is 5.60. The van der Waals surface area contributed by atoms with Crippen molar-refractivity contribution in [2.45, 2.75) is 13.8 Å². The molecule has 1 aromatic heterocycles. The lowest BCUT2D eigenvalue weighted by Crippen LogP contribution is -2.14. The third-order valence-corrected chi connectivity index (χ3v) is 2.64. The molecule has 1 aromatic carbocycles. The first-order chi connectivity index (χ1) is 7.99. The highest BCUT2D eigenvalue weighted by Crippen LogP contribution is 2.28. The van der Waals surface area contributed by atoms with Crippen LogP contribution in [0.3, 0.4) is 0 Å². The molecule has 0 amide bonds. The van der Waals surface area contributed by atoms with Gasteiger partial charge in [-0.05, 0) is 32.0 Å². The average Bonchev–Trinajstić information content (AvgIpc) is 2.29. The number of H-pyrrole nitrogens is 1. The molecular weight excluding hydrogens is 220 g/mol. The van der Waals surface area contributed by atoms with Crippen LogP contribution >= 0.6 is 0 Å². The van der Waals surface area contributed by atoms with Crippen molar-refractivity contribution in [3.05, 3.63) is 39.8 Å². The molecular formula is C12H12N2O3. The maximum absolute atomic E-state index is 11.6. The van der Waals surface area contributed by atoms with Crippen LogP contribution in [0.4, 0.5) is 0 Å². The van der Waals surface area contributed by atoms with Gasteiger partial charge in [-0.2, -0.15) is 0 Å². The highest BCUT2D eigenvalue weighted by atomic mass is 16.3. The Morgan fingerprint density at radius 3 is 2.47 bits per heavy atom. The van der Waals surface area contributed by atoms with E-state index in [1.54, 1.807) is 19.9 Å². The van der Waals surface area contributed by atoms with Gasteiger partial charge in [-0.25, -0.2) is 4.98 Å². The number of hydrogen-bond acceptors (Lipinski definition) is 4. The second kappa shape index (κ2) is 3.93. The number of nitrogens with one attached hydrogen (secondary N) is 1. The molecule has 0 spiro atoms. The number of hydrogen-bond donors (Lipinski definition) is 3. The van der Waals surface area contributed by atoms with E-state index in [0.29, 0.717) is 22.6 Å². The summed E-state index contributed by atoms with van der Waals surface area (Å²) in [4.78, 5) is 18.4. The molecule has 0 aliphatic heterocycles. The fourth-order valence-corrected chi connectivity index (χ4v) is 1.45. The average molecular weight is 232 g/mol. The van der Waals surface area contributed by atoms with Crippen LogP contribution in [-0.4, -0.2) is 20.2 Å². The SMILES string of the molecule is Cc1nc(-c2ccc(O)c(O)c2)[nH]c(=O)c1C. The minimum atomic E-state index is -0.247. The molecule has 0 fully saturated rings. The molecule has 0 saturated heterocycles. The monoisotopic (exact) mass is 232 g/mol. The van der Waals surface area contributed by atoms with Crippen LogP contribution in [0.15, 0.2) is 23.0 Å². The van der Waals surface area contributed by atoms with Crippen molar-refractivity contribution >= 4 is 0 Å². The van der Waals surface area contributed by atoms with Gasteiger partial charge in [-0.1, -0.05) is 0 Å². The number of nitrogens with zero attached hydrogens (tertiary/aromatic N) is 1. The first-order valence-corrected chi connectivity index (χ1v) is 5.09. The van der Waals surface area contributed by atoms with Gasteiger partial charge in [0.25, 0.3) is 5.56 Å². The first kappa shape index (κ1) is 11.2. The van der Waals surface area contributed by atoms with E-state index in [1.165, 1.54) is 12.1 Å². The lowest BCUT2D eigenvalue weighted by Gasteiger charge is -2.05. The zero-order valence-electron chi connectivity index (χ0n) is 9.48. The Hall–Kier alpha value is -2.30. The van der Waals surface area contributed by atoms with E-state index in [4.69, 9.17) is 0 Å². The van der Waals surface area contributed by atoms with Gasteiger partial charge in [0, 0.05) is 16.8 Å². The van der Waals surface area contributed by atoms with E-state index in [9.17, 15) is 15.0 Å². The molecule has 0 bridgehead atoms. The number of benzene rings is 1. The summed E-state index contributed by atoms with van der Waals surface area (Å²) in [5.74, 6) is -0.0864. The second-order valence-electron chi connectivity index (χ2n) is 3.83. The molecule has 1 heterocycles. The van der Waals surface area contributed by atoms with Crippen molar-refractivity contribution < 1.29 is 10.2 Å². The molecule has 88 valence electrons. The quantitative estimate of drug-likeness (QED) is 0.650. The molecule has 0 unspecified atom stereocenters. The minimum absolute atomic E-state index is 0.208. The van der Waals surface area contributed by atoms with Crippen LogP contribution in [-0.2, 0) is 0 Å². The predicted octanol–water partition coefficient (Wildman–Crippen LogP) is 1.46. The molecule has 0 atom stereocenters. The Labute approximate surface area is 97.4 Å².